The smallest absolute Gasteiger partial charge is 0.328 e. The molecule has 0 atom stereocenters. The minimum absolute atomic E-state index is 0.204. The summed E-state index contributed by atoms with van der Waals surface area (Å²) in [7, 11) is -9.24. The average molecular weight is 344 g/mol. The maximum Gasteiger partial charge on any atom is 0.328 e. The Hall–Kier alpha value is -2.21. The second-order valence-corrected chi connectivity index (χ2v) is 6.95. The van der Waals surface area contributed by atoms with Crippen LogP contribution in [-0.4, -0.2) is 35.3 Å². The van der Waals surface area contributed by atoms with Crippen molar-refractivity contribution in [3.63, 3.8) is 0 Å². The van der Waals surface area contributed by atoms with E-state index in [1.54, 1.807) is 6.07 Å². The number of rotatable bonds is 3. The SMILES string of the molecule is O=S(=O)(O)c1ccc(-c2nc3ccccn3c2S(=O)(=O)O)o1. The first kappa shape index (κ1) is 14.7. The first-order valence-electron chi connectivity index (χ1n) is 5.70. The zero-order chi connectivity index (χ0) is 16.1. The van der Waals surface area contributed by atoms with Gasteiger partial charge in [0.05, 0.1) is 0 Å². The van der Waals surface area contributed by atoms with E-state index in [-0.39, 0.29) is 17.1 Å². The minimum Gasteiger partial charge on any atom is -0.440 e. The molecule has 116 valence electrons. The molecule has 0 spiro atoms. The van der Waals surface area contributed by atoms with Gasteiger partial charge in [0.15, 0.2) is 10.8 Å². The maximum absolute atomic E-state index is 11.6. The summed E-state index contributed by atoms with van der Waals surface area (Å²) in [6.45, 7) is 0. The third kappa shape index (κ3) is 2.39. The van der Waals surface area contributed by atoms with Crippen molar-refractivity contribution in [1.82, 2.24) is 9.38 Å². The first-order chi connectivity index (χ1) is 10.2. The quantitative estimate of drug-likeness (QED) is 0.673. The number of hydrogen-bond acceptors (Lipinski definition) is 6. The molecule has 3 heterocycles. The second kappa shape index (κ2) is 4.64. The summed E-state index contributed by atoms with van der Waals surface area (Å²) in [5.74, 6) is -0.232. The Morgan fingerprint density at radius 2 is 1.73 bits per heavy atom. The van der Waals surface area contributed by atoms with Crippen molar-refractivity contribution in [2.75, 3.05) is 0 Å². The van der Waals surface area contributed by atoms with Gasteiger partial charge >= 0.3 is 20.2 Å². The summed E-state index contributed by atoms with van der Waals surface area (Å²) in [5.41, 5.74) is -0.0708. The molecule has 0 fully saturated rings. The van der Waals surface area contributed by atoms with E-state index in [1.807, 2.05) is 0 Å². The van der Waals surface area contributed by atoms with Gasteiger partial charge in [-0.1, -0.05) is 6.07 Å². The fourth-order valence-electron chi connectivity index (χ4n) is 1.97. The molecule has 22 heavy (non-hydrogen) atoms. The molecule has 3 rings (SSSR count). The first-order valence-corrected chi connectivity index (χ1v) is 8.58. The van der Waals surface area contributed by atoms with E-state index in [9.17, 15) is 21.4 Å². The van der Waals surface area contributed by atoms with Crippen LogP contribution in [0.4, 0.5) is 0 Å². The molecule has 0 aliphatic rings. The molecule has 0 bridgehead atoms. The van der Waals surface area contributed by atoms with Crippen molar-refractivity contribution in [3.8, 4) is 11.5 Å². The van der Waals surface area contributed by atoms with Gasteiger partial charge in [-0.2, -0.15) is 16.8 Å². The van der Waals surface area contributed by atoms with Crippen LogP contribution in [0, 0.1) is 0 Å². The molecule has 0 saturated carbocycles. The van der Waals surface area contributed by atoms with Crippen LogP contribution >= 0.6 is 0 Å². The summed E-state index contributed by atoms with van der Waals surface area (Å²) in [6, 6.07) is 6.69. The number of hydrogen-bond donors (Lipinski definition) is 2. The van der Waals surface area contributed by atoms with Gasteiger partial charge in [0.25, 0.3) is 0 Å². The van der Waals surface area contributed by atoms with Crippen LogP contribution in [-0.2, 0) is 20.2 Å². The zero-order valence-electron chi connectivity index (χ0n) is 10.6. The zero-order valence-corrected chi connectivity index (χ0v) is 12.2. The van der Waals surface area contributed by atoms with Crippen LogP contribution < -0.4 is 0 Å². The largest absolute Gasteiger partial charge is 0.440 e. The third-order valence-electron chi connectivity index (χ3n) is 2.80. The standard InChI is InChI=1S/C11H8N2O7S2/c14-21(15,16)9-5-4-7(20-9)10-11(22(17,18)19)13-6-2-1-3-8(13)12-10/h1-6H,(H,14,15,16)(H,17,18,19). The lowest BCUT2D eigenvalue weighted by Gasteiger charge is -1.99. The molecule has 11 heteroatoms. The summed E-state index contributed by atoms with van der Waals surface area (Å²) < 4.78 is 69.5. The van der Waals surface area contributed by atoms with Gasteiger partial charge in [-0.25, -0.2) is 4.98 Å². The van der Waals surface area contributed by atoms with E-state index in [0.717, 1.165) is 16.5 Å². The molecule has 0 aromatic carbocycles. The molecular weight excluding hydrogens is 336 g/mol. The van der Waals surface area contributed by atoms with E-state index >= 15 is 0 Å². The number of furan rings is 1. The van der Waals surface area contributed by atoms with Gasteiger partial charge in [-0.3, -0.25) is 13.5 Å². The van der Waals surface area contributed by atoms with Crippen LogP contribution in [0.2, 0.25) is 0 Å². The molecule has 0 radical (unpaired) electrons. The molecule has 0 aliphatic carbocycles. The molecule has 3 aromatic heterocycles. The minimum atomic E-state index is -4.66. The molecule has 0 unspecified atom stereocenters. The van der Waals surface area contributed by atoms with Crippen LogP contribution in [0.15, 0.2) is 51.1 Å². The van der Waals surface area contributed by atoms with E-state index < -0.39 is 30.4 Å². The van der Waals surface area contributed by atoms with E-state index in [0.29, 0.717) is 0 Å². The normalized spacial score (nSPS) is 12.8. The van der Waals surface area contributed by atoms with Gasteiger partial charge in [-0.05, 0) is 24.3 Å². The number of imidazole rings is 1. The average Bonchev–Trinajstić information content (AvgIpc) is 3.01. The molecule has 2 N–H and O–H groups in total. The Morgan fingerprint density at radius 1 is 1.00 bits per heavy atom. The van der Waals surface area contributed by atoms with E-state index in [4.69, 9.17) is 8.97 Å². The van der Waals surface area contributed by atoms with Crippen LogP contribution in [0.25, 0.3) is 17.1 Å². The van der Waals surface area contributed by atoms with E-state index in [1.165, 1.54) is 18.3 Å². The van der Waals surface area contributed by atoms with Crippen LogP contribution in [0.3, 0.4) is 0 Å². The Bertz CT molecular complexity index is 1080. The summed E-state index contributed by atoms with van der Waals surface area (Å²) in [5, 5.41) is -1.33. The van der Waals surface area contributed by atoms with Crippen LogP contribution in [0.1, 0.15) is 0 Å². The van der Waals surface area contributed by atoms with Crippen LogP contribution in [0.5, 0.6) is 0 Å². The Labute approximate surface area is 124 Å². The summed E-state index contributed by atoms with van der Waals surface area (Å²) >= 11 is 0. The molecule has 0 aliphatic heterocycles. The van der Waals surface area contributed by atoms with Gasteiger partial charge in [0.1, 0.15) is 11.3 Å². The lowest BCUT2D eigenvalue weighted by atomic mass is 10.3. The lowest BCUT2D eigenvalue weighted by molar-refractivity contribution is 0.412. The number of pyridine rings is 1. The van der Waals surface area contributed by atoms with Gasteiger partial charge in [-0.15, -0.1) is 0 Å². The fraction of sp³-hybridized carbons (Fsp3) is 0. The molecule has 0 saturated heterocycles. The van der Waals surface area contributed by atoms with Crippen molar-refractivity contribution in [1.29, 1.82) is 0 Å². The maximum atomic E-state index is 11.6. The summed E-state index contributed by atoms with van der Waals surface area (Å²) in [4.78, 5) is 4.00. The van der Waals surface area contributed by atoms with Gasteiger partial charge < -0.3 is 4.42 Å². The summed E-state index contributed by atoms with van der Waals surface area (Å²) in [6.07, 6.45) is 1.36. The highest BCUT2D eigenvalue weighted by Gasteiger charge is 2.27. The predicted molar refractivity (Wildman–Crippen MR) is 72.5 cm³/mol. The fourth-order valence-corrected chi connectivity index (χ4v) is 3.20. The molecule has 9 nitrogen and oxygen atoms in total. The monoisotopic (exact) mass is 344 g/mol. The highest BCUT2D eigenvalue weighted by Crippen LogP contribution is 2.30. The molecule has 0 amide bonds. The van der Waals surface area contributed by atoms with Crippen molar-refractivity contribution in [2.45, 2.75) is 10.1 Å². The second-order valence-electron chi connectivity index (χ2n) is 4.26. The van der Waals surface area contributed by atoms with Crippen molar-refractivity contribution < 1.29 is 30.4 Å². The highest BCUT2D eigenvalue weighted by molar-refractivity contribution is 7.86. The number of fused-ring (bicyclic) bond motifs is 1. The van der Waals surface area contributed by atoms with Crippen molar-refractivity contribution >= 4 is 25.9 Å². The van der Waals surface area contributed by atoms with Gasteiger partial charge in [0.2, 0.25) is 5.09 Å². The number of aromatic nitrogens is 2. The van der Waals surface area contributed by atoms with Crippen molar-refractivity contribution in [3.05, 3.63) is 36.5 Å². The highest BCUT2D eigenvalue weighted by atomic mass is 32.2. The lowest BCUT2D eigenvalue weighted by Crippen LogP contribution is -2.04. The Balaban J connectivity index is 2.34. The topological polar surface area (TPSA) is 139 Å². The Kier molecular flexibility index (Phi) is 3.11. The van der Waals surface area contributed by atoms with Gasteiger partial charge in [0, 0.05) is 6.20 Å². The molecular formula is C11H8N2O7S2. The van der Waals surface area contributed by atoms with Crippen molar-refractivity contribution in [2.24, 2.45) is 0 Å². The number of nitrogens with zero attached hydrogens (tertiary/aromatic N) is 2. The van der Waals surface area contributed by atoms with E-state index in [2.05, 4.69) is 4.98 Å². The predicted octanol–water partition coefficient (Wildman–Crippen LogP) is 1.09. The Morgan fingerprint density at radius 3 is 2.32 bits per heavy atom. The third-order valence-corrected chi connectivity index (χ3v) is 4.41. The molecule has 3 aromatic rings.